The van der Waals surface area contributed by atoms with E-state index in [0.717, 1.165) is 18.3 Å². The molecule has 100 valence electrons. The third-order valence-electron chi connectivity index (χ3n) is 4.86. The Morgan fingerprint density at radius 3 is 2.83 bits per heavy atom. The van der Waals surface area contributed by atoms with Crippen molar-refractivity contribution < 1.29 is 0 Å². The minimum atomic E-state index is 0.145. The fraction of sp³-hybridized carbons (Fsp3) is 0.800. The van der Waals surface area contributed by atoms with E-state index < -0.39 is 0 Å². The lowest BCUT2D eigenvalue weighted by molar-refractivity contribution is 0.316. The summed E-state index contributed by atoms with van der Waals surface area (Å²) in [7, 11) is 0. The zero-order chi connectivity index (χ0) is 12.7. The lowest BCUT2D eigenvalue weighted by Gasteiger charge is -2.27. The normalized spacial score (nSPS) is 32.3. The van der Waals surface area contributed by atoms with Crippen LogP contribution in [0, 0.1) is 17.8 Å². The fourth-order valence-corrected chi connectivity index (χ4v) is 4.06. The van der Waals surface area contributed by atoms with Gasteiger partial charge in [-0.25, -0.2) is 4.98 Å². The number of nitrogens with zero attached hydrogens (tertiary/aromatic N) is 2. The first-order valence-electron chi connectivity index (χ1n) is 7.42. The maximum absolute atomic E-state index is 6.35. The molecule has 2 fully saturated rings. The number of rotatable bonds is 4. The van der Waals surface area contributed by atoms with Gasteiger partial charge in [0, 0.05) is 18.3 Å². The van der Waals surface area contributed by atoms with Gasteiger partial charge in [0.1, 0.15) is 0 Å². The Hall–Kier alpha value is -0.830. The van der Waals surface area contributed by atoms with E-state index in [1.165, 1.54) is 31.4 Å². The SMILES string of the molecule is CC(C)CC(N)c1cncn1C1CC2CCC1C2. The number of imidazole rings is 1. The standard InChI is InChI=1S/C15H25N3/c1-10(2)5-13(16)15-8-17-9-18(15)14-7-11-3-4-12(14)6-11/h8-14H,3-7,16H2,1-2H3. The van der Waals surface area contributed by atoms with Crippen molar-refractivity contribution in [2.24, 2.45) is 23.5 Å². The summed E-state index contributed by atoms with van der Waals surface area (Å²) in [5, 5.41) is 0. The first kappa shape index (κ1) is 12.2. The van der Waals surface area contributed by atoms with Crippen LogP contribution < -0.4 is 5.73 Å². The average molecular weight is 247 g/mol. The Bertz CT molecular complexity index is 410. The summed E-state index contributed by atoms with van der Waals surface area (Å²) in [5.74, 6) is 2.49. The van der Waals surface area contributed by atoms with Crippen molar-refractivity contribution in [2.75, 3.05) is 0 Å². The third kappa shape index (κ3) is 2.09. The molecule has 0 aliphatic heterocycles. The van der Waals surface area contributed by atoms with Crippen LogP contribution in [0.5, 0.6) is 0 Å². The van der Waals surface area contributed by atoms with Gasteiger partial charge < -0.3 is 10.3 Å². The van der Waals surface area contributed by atoms with E-state index in [2.05, 4.69) is 23.4 Å². The summed E-state index contributed by atoms with van der Waals surface area (Å²) >= 11 is 0. The van der Waals surface area contributed by atoms with Gasteiger partial charge in [0.25, 0.3) is 0 Å². The largest absolute Gasteiger partial charge is 0.330 e. The molecule has 2 N–H and O–H groups in total. The van der Waals surface area contributed by atoms with Gasteiger partial charge >= 0.3 is 0 Å². The first-order chi connectivity index (χ1) is 8.65. The predicted octanol–water partition coefficient (Wildman–Crippen LogP) is 3.29. The average Bonchev–Trinajstić information content (AvgIpc) is 3.03. The Morgan fingerprint density at radius 1 is 1.39 bits per heavy atom. The highest BCUT2D eigenvalue weighted by Crippen LogP contribution is 2.51. The lowest BCUT2D eigenvalue weighted by Crippen LogP contribution is -2.22. The van der Waals surface area contributed by atoms with E-state index in [1.54, 1.807) is 0 Å². The maximum Gasteiger partial charge on any atom is 0.0951 e. The van der Waals surface area contributed by atoms with E-state index in [-0.39, 0.29) is 6.04 Å². The van der Waals surface area contributed by atoms with Crippen LogP contribution >= 0.6 is 0 Å². The van der Waals surface area contributed by atoms with Crippen molar-refractivity contribution in [1.29, 1.82) is 0 Å². The number of fused-ring (bicyclic) bond motifs is 2. The highest BCUT2D eigenvalue weighted by atomic mass is 15.1. The summed E-state index contributed by atoms with van der Waals surface area (Å²) in [5.41, 5.74) is 7.60. The Morgan fingerprint density at radius 2 is 2.22 bits per heavy atom. The summed E-state index contributed by atoms with van der Waals surface area (Å²) in [4.78, 5) is 4.36. The number of nitrogens with two attached hydrogens (primary N) is 1. The Labute approximate surface area is 110 Å². The van der Waals surface area contributed by atoms with E-state index in [9.17, 15) is 0 Å². The molecule has 4 unspecified atom stereocenters. The molecule has 1 heterocycles. The smallest absolute Gasteiger partial charge is 0.0951 e. The summed E-state index contributed by atoms with van der Waals surface area (Å²) in [6.45, 7) is 4.47. The molecular weight excluding hydrogens is 222 g/mol. The monoisotopic (exact) mass is 247 g/mol. The highest BCUT2D eigenvalue weighted by molar-refractivity contribution is 5.09. The highest BCUT2D eigenvalue weighted by Gasteiger charge is 2.41. The van der Waals surface area contributed by atoms with E-state index in [0.29, 0.717) is 12.0 Å². The van der Waals surface area contributed by atoms with Gasteiger partial charge in [0.05, 0.1) is 12.0 Å². The van der Waals surface area contributed by atoms with Crippen molar-refractivity contribution in [3.63, 3.8) is 0 Å². The van der Waals surface area contributed by atoms with E-state index in [1.807, 2.05) is 12.5 Å². The molecular formula is C15H25N3. The Balaban J connectivity index is 1.79. The van der Waals surface area contributed by atoms with Crippen LogP contribution in [-0.4, -0.2) is 9.55 Å². The van der Waals surface area contributed by atoms with Crippen LogP contribution in [-0.2, 0) is 0 Å². The van der Waals surface area contributed by atoms with Crippen LogP contribution in [0.4, 0.5) is 0 Å². The van der Waals surface area contributed by atoms with Gasteiger partial charge in [-0.2, -0.15) is 0 Å². The molecule has 18 heavy (non-hydrogen) atoms. The van der Waals surface area contributed by atoms with E-state index >= 15 is 0 Å². The molecule has 3 heteroatoms. The predicted molar refractivity (Wildman–Crippen MR) is 73.1 cm³/mol. The molecule has 1 aromatic heterocycles. The second kappa shape index (κ2) is 4.69. The molecule has 0 amide bonds. The van der Waals surface area contributed by atoms with E-state index in [4.69, 9.17) is 5.73 Å². The number of hydrogen-bond donors (Lipinski definition) is 1. The van der Waals surface area contributed by atoms with Gasteiger partial charge in [-0.1, -0.05) is 20.3 Å². The topological polar surface area (TPSA) is 43.8 Å². The second-order valence-electron chi connectivity index (χ2n) is 6.70. The number of hydrogen-bond acceptors (Lipinski definition) is 2. The van der Waals surface area contributed by atoms with Crippen molar-refractivity contribution in [1.82, 2.24) is 9.55 Å². The molecule has 2 aliphatic rings. The van der Waals surface area contributed by atoms with Gasteiger partial charge in [-0.05, 0) is 43.4 Å². The molecule has 3 nitrogen and oxygen atoms in total. The van der Waals surface area contributed by atoms with Crippen LogP contribution in [0.2, 0.25) is 0 Å². The van der Waals surface area contributed by atoms with Crippen LogP contribution in [0.3, 0.4) is 0 Å². The summed E-state index contributed by atoms with van der Waals surface area (Å²) < 4.78 is 2.40. The minimum absolute atomic E-state index is 0.145. The summed E-state index contributed by atoms with van der Waals surface area (Å²) in [6.07, 6.45) is 10.7. The quantitative estimate of drug-likeness (QED) is 0.887. The van der Waals surface area contributed by atoms with Gasteiger partial charge in [0.15, 0.2) is 0 Å². The minimum Gasteiger partial charge on any atom is -0.330 e. The van der Waals surface area contributed by atoms with Gasteiger partial charge in [-0.3, -0.25) is 0 Å². The van der Waals surface area contributed by atoms with Crippen LogP contribution in [0.25, 0.3) is 0 Å². The zero-order valence-corrected chi connectivity index (χ0v) is 11.5. The molecule has 0 radical (unpaired) electrons. The van der Waals surface area contributed by atoms with Crippen molar-refractivity contribution >= 4 is 0 Å². The summed E-state index contributed by atoms with van der Waals surface area (Å²) in [6, 6.07) is 0.825. The molecule has 2 bridgehead atoms. The molecule has 0 spiro atoms. The lowest BCUT2D eigenvalue weighted by atomic mass is 9.94. The fourth-order valence-electron chi connectivity index (χ4n) is 4.06. The molecule has 2 aliphatic carbocycles. The van der Waals surface area contributed by atoms with Crippen LogP contribution in [0.15, 0.2) is 12.5 Å². The molecule has 2 saturated carbocycles. The Kier molecular flexibility index (Phi) is 3.18. The second-order valence-corrected chi connectivity index (χ2v) is 6.70. The first-order valence-corrected chi connectivity index (χ1v) is 7.42. The van der Waals surface area contributed by atoms with Gasteiger partial charge in [0.2, 0.25) is 0 Å². The molecule has 1 aromatic rings. The van der Waals surface area contributed by atoms with Gasteiger partial charge in [-0.15, -0.1) is 0 Å². The number of aromatic nitrogens is 2. The third-order valence-corrected chi connectivity index (χ3v) is 4.86. The molecule has 4 atom stereocenters. The van der Waals surface area contributed by atoms with Crippen molar-refractivity contribution in [3.8, 4) is 0 Å². The van der Waals surface area contributed by atoms with Crippen molar-refractivity contribution in [3.05, 3.63) is 18.2 Å². The molecule has 0 saturated heterocycles. The molecule has 3 rings (SSSR count). The molecule has 0 aromatic carbocycles. The maximum atomic E-state index is 6.35. The van der Waals surface area contributed by atoms with Crippen molar-refractivity contribution in [2.45, 2.75) is 58.0 Å². The van der Waals surface area contributed by atoms with Crippen LogP contribution in [0.1, 0.15) is 63.7 Å². The zero-order valence-electron chi connectivity index (χ0n) is 11.5.